The lowest BCUT2D eigenvalue weighted by Gasteiger charge is -2.18. The van der Waals surface area contributed by atoms with Crippen molar-refractivity contribution in [1.82, 2.24) is 4.98 Å². The van der Waals surface area contributed by atoms with Gasteiger partial charge in [0.2, 0.25) is 10.0 Å². The van der Waals surface area contributed by atoms with E-state index >= 15 is 0 Å². The second-order valence-electron chi connectivity index (χ2n) is 6.07. The number of sulfonamides is 1. The van der Waals surface area contributed by atoms with Gasteiger partial charge in [0.05, 0.1) is 17.0 Å². The van der Waals surface area contributed by atoms with Gasteiger partial charge in [-0.25, -0.2) is 8.42 Å². The van der Waals surface area contributed by atoms with E-state index in [1.165, 1.54) is 6.20 Å². The largest absolute Gasteiger partial charge is 0.308 e. The Morgan fingerprint density at radius 1 is 1.32 bits per heavy atom. The van der Waals surface area contributed by atoms with Gasteiger partial charge in [0.15, 0.2) is 0 Å². The molecule has 0 spiro atoms. The highest BCUT2D eigenvalue weighted by molar-refractivity contribution is 7.92. The van der Waals surface area contributed by atoms with Gasteiger partial charge in [-0.15, -0.1) is 0 Å². The minimum absolute atomic E-state index is 0.0961. The highest BCUT2D eigenvalue weighted by Crippen LogP contribution is 2.32. The third-order valence-corrected chi connectivity index (χ3v) is 5.55. The molecule has 1 aromatic heterocycles. The van der Waals surface area contributed by atoms with E-state index in [1.54, 1.807) is 35.4 Å². The SMILES string of the molecule is CCCCS(=O)(=O)Nc1ccc2c(c1)N(C(=O)c1cccnc1)CC2. The molecule has 1 aromatic carbocycles. The second kappa shape index (κ2) is 7.23. The molecule has 0 radical (unpaired) electrons. The number of fused-ring (bicyclic) bond motifs is 1. The summed E-state index contributed by atoms with van der Waals surface area (Å²) in [5.41, 5.74) is 2.79. The van der Waals surface area contributed by atoms with Crippen molar-refractivity contribution in [2.45, 2.75) is 26.2 Å². The molecule has 3 rings (SSSR count). The summed E-state index contributed by atoms with van der Waals surface area (Å²) in [6.45, 7) is 2.53. The van der Waals surface area contributed by atoms with Gasteiger partial charge in [0.25, 0.3) is 5.91 Å². The van der Waals surface area contributed by atoms with E-state index in [-0.39, 0.29) is 11.7 Å². The first-order chi connectivity index (χ1) is 12.0. The molecule has 0 unspecified atom stereocenters. The van der Waals surface area contributed by atoms with Gasteiger partial charge in [-0.2, -0.15) is 0 Å². The molecule has 0 saturated heterocycles. The van der Waals surface area contributed by atoms with Crippen LogP contribution in [-0.4, -0.2) is 31.6 Å². The fourth-order valence-corrected chi connectivity index (χ4v) is 4.12. The van der Waals surface area contributed by atoms with E-state index < -0.39 is 10.0 Å². The first-order valence-electron chi connectivity index (χ1n) is 8.35. The molecule has 1 N–H and O–H groups in total. The van der Waals surface area contributed by atoms with Crippen LogP contribution in [0.25, 0.3) is 0 Å². The average molecular weight is 359 g/mol. The molecular weight excluding hydrogens is 338 g/mol. The van der Waals surface area contributed by atoms with E-state index in [2.05, 4.69) is 9.71 Å². The molecule has 0 aliphatic carbocycles. The molecule has 132 valence electrons. The predicted octanol–water partition coefficient (Wildman–Crippen LogP) is 2.83. The lowest BCUT2D eigenvalue weighted by Crippen LogP contribution is -2.29. The van der Waals surface area contributed by atoms with Crippen molar-refractivity contribution in [3.8, 4) is 0 Å². The predicted molar refractivity (Wildman–Crippen MR) is 98.4 cm³/mol. The summed E-state index contributed by atoms with van der Waals surface area (Å²) < 4.78 is 26.8. The Morgan fingerprint density at radius 3 is 2.88 bits per heavy atom. The zero-order chi connectivity index (χ0) is 17.9. The second-order valence-corrected chi connectivity index (χ2v) is 7.91. The quantitative estimate of drug-likeness (QED) is 0.860. The molecule has 6 nitrogen and oxygen atoms in total. The van der Waals surface area contributed by atoms with E-state index in [9.17, 15) is 13.2 Å². The van der Waals surface area contributed by atoms with Crippen molar-refractivity contribution in [2.75, 3.05) is 21.9 Å². The van der Waals surface area contributed by atoms with E-state index in [1.807, 2.05) is 13.0 Å². The molecule has 1 amide bonds. The third-order valence-electron chi connectivity index (χ3n) is 4.17. The lowest BCUT2D eigenvalue weighted by atomic mass is 10.1. The topological polar surface area (TPSA) is 79.4 Å². The standard InChI is InChI=1S/C18H21N3O3S/c1-2-3-11-25(23,24)20-16-7-6-14-8-10-21(17(14)12-16)18(22)15-5-4-9-19-13-15/h4-7,9,12-13,20H,2-3,8,10-11H2,1H3. The summed E-state index contributed by atoms with van der Waals surface area (Å²) in [4.78, 5) is 18.4. The van der Waals surface area contributed by atoms with Crippen LogP contribution in [0.4, 0.5) is 11.4 Å². The maximum Gasteiger partial charge on any atom is 0.259 e. The Labute approximate surface area is 147 Å². The fraction of sp³-hybridized carbons (Fsp3) is 0.333. The molecule has 0 atom stereocenters. The summed E-state index contributed by atoms with van der Waals surface area (Å²) in [6, 6.07) is 8.82. The zero-order valence-corrected chi connectivity index (χ0v) is 14.9. The number of aromatic nitrogens is 1. The van der Waals surface area contributed by atoms with Crippen LogP contribution in [0.5, 0.6) is 0 Å². The van der Waals surface area contributed by atoms with Crippen LogP contribution < -0.4 is 9.62 Å². The first-order valence-corrected chi connectivity index (χ1v) is 10.0. The number of nitrogens with one attached hydrogen (secondary N) is 1. The Kier molecular flexibility index (Phi) is 5.03. The number of carbonyl (C=O) groups excluding carboxylic acids is 1. The normalized spacial score (nSPS) is 13.6. The van der Waals surface area contributed by atoms with Gasteiger partial charge < -0.3 is 4.90 Å². The summed E-state index contributed by atoms with van der Waals surface area (Å²) in [5.74, 6) is -0.0309. The fourth-order valence-electron chi connectivity index (χ4n) is 2.86. The smallest absolute Gasteiger partial charge is 0.259 e. The molecule has 1 aliphatic rings. The first kappa shape index (κ1) is 17.4. The van der Waals surface area contributed by atoms with Crippen LogP contribution in [0.15, 0.2) is 42.7 Å². The van der Waals surface area contributed by atoms with Crippen LogP contribution in [0.3, 0.4) is 0 Å². The molecule has 2 aromatic rings. The van der Waals surface area contributed by atoms with Gasteiger partial charge >= 0.3 is 0 Å². The Bertz CT molecular complexity index is 866. The van der Waals surface area contributed by atoms with Crippen molar-refractivity contribution >= 4 is 27.3 Å². The zero-order valence-electron chi connectivity index (χ0n) is 14.1. The number of unbranched alkanes of at least 4 members (excludes halogenated alkanes) is 1. The number of rotatable bonds is 6. The van der Waals surface area contributed by atoms with Crippen LogP contribution in [0.2, 0.25) is 0 Å². The van der Waals surface area contributed by atoms with Gasteiger partial charge in [-0.3, -0.25) is 14.5 Å². The number of hydrogen-bond acceptors (Lipinski definition) is 4. The molecule has 25 heavy (non-hydrogen) atoms. The number of hydrogen-bond donors (Lipinski definition) is 1. The van der Waals surface area contributed by atoms with Crippen molar-refractivity contribution in [2.24, 2.45) is 0 Å². The van der Waals surface area contributed by atoms with Crippen molar-refractivity contribution in [1.29, 1.82) is 0 Å². The minimum atomic E-state index is -3.37. The molecule has 0 saturated carbocycles. The minimum Gasteiger partial charge on any atom is -0.308 e. The van der Waals surface area contributed by atoms with E-state index in [4.69, 9.17) is 0 Å². The van der Waals surface area contributed by atoms with Crippen molar-refractivity contribution in [3.05, 3.63) is 53.9 Å². The van der Waals surface area contributed by atoms with Crippen LogP contribution in [0, 0.1) is 0 Å². The average Bonchev–Trinajstić information content (AvgIpc) is 3.03. The Balaban J connectivity index is 1.83. The Hall–Kier alpha value is -2.41. The highest BCUT2D eigenvalue weighted by Gasteiger charge is 2.26. The number of carbonyl (C=O) groups is 1. The third kappa shape index (κ3) is 3.99. The molecule has 2 heterocycles. The summed E-state index contributed by atoms with van der Waals surface area (Å²) in [7, 11) is -3.37. The number of nitrogens with zero attached hydrogens (tertiary/aromatic N) is 2. The summed E-state index contributed by atoms with van der Waals surface area (Å²) >= 11 is 0. The number of benzene rings is 1. The molecule has 0 bridgehead atoms. The van der Waals surface area contributed by atoms with Gasteiger partial charge in [-0.1, -0.05) is 19.4 Å². The van der Waals surface area contributed by atoms with E-state index in [0.717, 1.165) is 24.1 Å². The molecule has 1 aliphatic heterocycles. The van der Waals surface area contributed by atoms with E-state index in [0.29, 0.717) is 24.2 Å². The molecular formula is C18H21N3O3S. The van der Waals surface area contributed by atoms with Crippen LogP contribution in [0.1, 0.15) is 35.7 Å². The Morgan fingerprint density at radius 2 is 2.16 bits per heavy atom. The monoisotopic (exact) mass is 359 g/mol. The lowest BCUT2D eigenvalue weighted by molar-refractivity contribution is 0.0989. The van der Waals surface area contributed by atoms with Crippen molar-refractivity contribution in [3.63, 3.8) is 0 Å². The van der Waals surface area contributed by atoms with Crippen LogP contribution >= 0.6 is 0 Å². The van der Waals surface area contributed by atoms with Gasteiger partial charge in [0.1, 0.15) is 0 Å². The number of anilines is 2. The summed E-state index contributed by atoms with van der Waals surface area (Å²) in [6.07, 6.45) is 5.35. The van der Waals surface area contributed by atoms with Gasteiger partial charge in [0, 0.05) is 24.6 Å². The molecule has 0 fully saturated rings. The number of pyridine rings is 1. The van der Waals surface area contributed by atoms with Crippen LogP contribution in [-0.2, 0) is 16.4 Å². The van der Waals surface area contributed by atoms with Crippen molar-refractivity contribution < 1.29 is 13.2 Å². The highest BCUT2D eigenvalue weighted by atomic mass is 32.2. The molecule has 7 heteroatoms. The number of amides is 1. The maximum atomic E-state index is 12.7. The van der Waals surface area contributed by atoms with Gasteiger partial charge in [-0.05, 0) is 42.7 Å². The summed E-state index contributed by atoms with van der Waals surface area (Å²) in [5, 5.41) is 0. The maximum absolute atomic E-state index is 12.7.